The lowest BCUT2D eigenvalue weighted by molar-refractivity contribution is 0.102. The van der Waals surface area contributed by atoms with Crippen LogP contribution in [-0.4, -0.2) is 57.2 Å². The number of carbonyl (C=O) groups is 1. The van der Waals surface area contributed by atoms with Crippen LogP contribution < -0.4 is 4.90 Å². The lowest BCUT2D eigenvalue weighted by atomic mass is 10.2. The zero-order chi connectivity index (χ0) is 22.0. The van der Waals surface area contributed by atoms with E-state index in [1.54, 1.807) is 0 Å². The fourth-order valence-corrected chi connectivity index (χ4v) is 4.96. The maximum atomic E-state index is 13.1. The Morgan fingerprint density at radius 3 is 2.61 bits per heavy atom. The van der Waals surface area contributed by atoms with Crippen molar-refractivity contribution >= 4 is 23.5 Å². The van der Waals surface area contributed by atoms with Gasteiger partial charge in [-0.1, -0.05) is 23.9 Å². The van der Waals surface area contributed by atoms with E-state index in [1.165, 1.54) is 17.3 Å². The van der Waals surface area contributed by atoms with Crippen LogP contribution in [0.4, 0.5) is 5.95 Å². The number of aryl methyl sites for hydroxylation is 2. The number of ketones is 1. The van der Waals surface area contributed by atoms with E-state index in [0.717, 1.165) is 53.4 Å². The number of hydrogen-bond acceptors (Lipinski definition) is 6. The first-order valence-corrected chi connectivity index (χ1v) is 11.7. The van der Waals surface area contributed by atoms with Gasteiger partial charge in [0.15, 0.2) is 10.9 Å². The highest BCUT2D eigenvalue weighted by atomic mass is 32.2. The molecule has 1 saturated heterocycles. The Balaban J connectivity index is 1.51. The highest BCUT2D eigenvalue weighted by molar-refractivity contribution is 7.99. The van der Waals surface area contributed by atoms with Crippen LogP contribution >= 0.6 is 11.8 Å². The molecule has 0 spiro atoms. The van der Waals surface area contributed by atoms with Gasteiger partial charge in [-0.3, -0.25) is 9.36 Å². The van der Waals surface area contributed by atoms with Crippen molar-refractivity contribution in [3.63, 3.8) is 0 Å². The average Bonchev–Trinajstić information content (AvgIpc) is 3.32. The largest absolute Gasteiger partial charge is 0.378 e. The number of nitrogens with zero attached hydrogens (tertiary/aromatic N) is 5. The van der Waals surface area contributed by atoms with Crippen LogP contribution in [0.2, 0.25) is 0 Å². The van der Waals surface area contributed by atoms with Gasteiger partial charge in [-0.05, 0) is 51.5 Å². The monoisotopic (exact) mass is 439 g/mol. The summed E-state index contributed by atoms with van der Waals surface area (Å²) >= 11 is 1.45. The Labute approximate surface area is 187 Å². The molecule has 0 amide bonds. The summed E-state index contributed by atoms with van der Waals surface area (Å²) in [5, 5.41) is 9.54. The molecule has 1 fully saturated rings. The topological polar surface area (TPSA) is 65.2 Å². The number of anilines is 1. The molecule has 4 rings (SSSR count). The molecule has 1 aliphatic heterocycles. The maximum absolute atomic E-state index is 13.1. The van der Waals surface area contributed by atoms with Crippen LogP contribution in [0, 0.1) is 20.8 Å². The third-order valence-electron chi connectivity index (χ3n) is 5.63. The maximum Gasteiger partial charge on any atom is 0.228 e. The number of Topliss-reactive ketones (excluding diaryl/α,β-unsaturated/α-hetero) is 1. The fraction of sp³-hybridized carbons (Fsp3) is 0.435. The molecule has 31 heavy (non-hydrogen) atoms. The van der Waals surface area contributed by atoms with E-state index >= 15 is 0 Å². The predicted molar refractivity (Wildman–Crippen MR) is 124 cm³/mol. The first-order valence-electron chi connectivity index (χ1n) is 10.7. The van der Waals surface area contributed by atoms with Crippen molar-refractivity contribution in [3.8, 4) is 5.69 Å². The van der Waals surface area contributed by atoms with Gasteiger partial charge >= 0.3 is 0 Å². The molecule has 0 radical (unpaired) electrons. The van der Waals surface area contributed by atoms with Crippen LogP contribution in [0.5, 0.6) is 0 Å². The van der Waals surface area contributed by atoms with Crippen LogP contribution in [0.1, 0.15) is 34.2 Å². The van der Waals surface area contributed by atoms with Crippen molar-refractivity contribution in [2.75, 3.05) is 37.0 Å². The molecule has 0 atom stereocenters. The van der Waals surface area contributed by atoms with E-state index in [4.69, 9.17) is 4.74 Å². The number of rotatable bonds is 7. The van der Waals surface area contributed by atoms with E-state index in [9.17, 15) is 4.79 Å². The Bertz CT molecular complexity index is 1080. The van der Waals surface area contributed by atoms with Crippen LogP contribution in [-0.2, 0) is 11.3 Å². The van der Waals surface area contributed by atoms with Gasteiger partial charge in [-0.2, -0.15) is 0 Å². The average molecular weight is 440 g/mol. The van der Waals surface area contributed by atoms with Crippen molar-refractivity contribution in [3.05, 3.63) is 52.8 Å². The molecule has 1 aliphatic rings. The molecule has 1 aromatic carbocycles. The van der Waals surface area contributed by atoms with E-state index in [-0.39, 0.29) is 5.78 Å². The van der Waals surface area contributed by atoms with Gasteiger partial charge in [0.05, 0.1) is 19.0 Å². The molecule has 0 N–H and O–H groups in total. The Kier molecular flexibility index (Phi) is 6.48. The standard InChI is InChI=1S/C23H29N5O2S/c1-5-27-22(26-9-11-30-12-10-26)24-25-23(27)31-15-21(29)20-14-17(3)28(18(20)4)19-8-6-7-16(2)13-19/h6-8,13-14H,5,9-12,15H2,1-4H3. The molecule has 8 heteroatoms. The molecule has 3 heterocycles. The van der Waals surface area contributed by atoms with Crippen molar-refractivity contribution in [2.24, 2.45) is 0 Å². The third kappa shape index (κ3) is 4.41. The molecule has 0 aliphatic carbocycles. The second kappa shape index (κ2) is 9.28. The van der Waals surface area contributed by atoms with E-state index in [1.807, 2.05) is 26.0 Å². The van der Waals surface area contributed by atoms with E-state index in [2.05, 4.69) is 56.3 Å². The smallest absolute Gasteiger partial charge is 0.228 e. The minimum Gasteiger partial charge on any atom is -0.378 e. The number of ether oxygens (including phenoxy) is 1. The molecule has 3 aromatic rings. The molecular weight excluding hydrogens is 410 g/mol. The summed E-state index contributed by atoms with van der Waals surface area (Å²) in [5.41, 5.74) is 5.08. The minimum atomic E-state index is 0.107. The van der Waals surface area contributed by atoms with E-state index < -0.39 is 0 Å². The third-order valence-corrected chi connectivity index (χ3v) is 6.60. The number of aromatic nitrogens is 4. The highest BCUT2D eigenvalue weighted by Gasteiger charge is 2.22. The van der Waals surface area contributed by atoms with Gasteiger partial charge in [0.2, 0.25) is 5.95 Å². The lowest BCUT2D eigenvalue weighted by Crippen LogP contribution is -2.38. The predicted octanol–water partition coefficient (Wildman–Crippen LogP) is 3.83. The molecule has 7 nitrogen and oxygen atoms in total. The Morgan fingerprint density at radius 1 is 1.13 bits per heavy atom. The summed E-state index contributed by atoms with van der Waals surface area (Å²) in [6.07, 6.45) is 0. The first-order chi connectivity index (χ1) is 15.0. The second-order valence-electron chi connectivity index (χ2n) is 7.80. The number of benzene rings is 1. The molecule has 0 unspecified atom stereocenters. The summed E-state index contributed by atoms with van der Waals surface area (Å²) in [4.78, 5) is 15.3. The number of morpholine rings is 1. The fourth-order valence-electron chi connectivity index (χ4n) is 4.08. The minimum absolute atomic E-state index is 0.107. The van der Waals surface area contributed by atoms with Crippen LogP contribution in [0.3, 0.4) is 0 Å². The van der Waals surface area contributed by atoms with Crippen molar-refractivity contribution in [1.82, 2.24) is 19.3 Å². The summed E-state index contributed by atoms with van der Waals surface area (Å²) in [6.45, 7) is 12.0. The molecule has 0 bridgehead atoms. The van der Waals surface area contributed by atoms with Gasteiger partial charge < -0.3 is 14.2 Å². The summed E-state index contributed by atoms with van der Waals surface area (Å²) in [5.74, 6) is 1.30. The zero-order valence-electron chi connectivity index (χ0n) is 18.6. The van der Waals surface area contributed by atoms with Gasteiger partial charge in [0.1, 0.15) is 0 Å². The number of hydrogen-bond donors (Lipinski definition) is 0. The van der Waals surface area contributed by atoms with E-state index in [0.29, 0.717) is 19.0 Å². The SMILES string of the molecule is CCn1c(SCC(=O)c2cc(C)n(-c3cccc(C)c3)c2C)nnc1N1CCOCC1. The van der Waals surface area contributed by atoms with Crippen molar-refractivity contribution in [2.45, 2.75) is 39.4 Å². The first kappa shape index (κ1) is 21.6. The van der Waals surface area contributed by atoms with Gasteiger partial charge in [-0.15, -0.1) is 10.2 Å². The summed E-state index contributed by atoms with van der Waals surface area (Å²) < 4.78 is 9.67. The van der Waals surface area contributed by atoms with Crippen molar-refractivity contribution in [1.29, 1.82) is 0 Å². The Morgan fingerprint density at radius 2 is 1.90 bits per heavy atom. The number of thioether (sulfide) groups is 1. The lowest BCUT2D eigenvalue weighted by Gasteiger charge is -2.27. The van der Waals surface area contributed by atoms with Crippen LogP contribution in [0.15, 0.2) is 35.5 Å². The number of carbonyl (C=O) groups excluding carboxylic acids is 1. The highest BCUT2D eigenvalue weighted by Crippen LogP contribution is 2.26. The zero-order valence-corrected chi connectivity index (χ0v) is 19.4. The quantitative estimate of drug-likeness (QED) is 0.412. The van der Waals surface area contributed by atoms with Gasteiger partial charge in [0.25, 0.3) is 0 Å². The normalized spacial score (nSPS) is 14.3. The van der Waals surface area contributed by atoms with Crippen molar-refractivity contribution < 1.29 is 9.53 Å². The molecule has 0 saturated carbocycles. The Hall–Kier alpha value is -2.58. The second-order valence-corrected chi connectivity index (χ2v) is 8.74. The molecule has 164 valence electrons. The van der Waals surface area contributed by atoms with Crippen LogP contribution in [0.25, 0.3) is 5.69 Å². The molecular formula is C23H29N5O2S. The molecule has 2 aromatic heterocycles. The summed E-state index contributed by atoms with van der Waals surface area (Å²) in [7, 11) is 0. The summed E-state index contributed by atoms with van der Waals surface area (Å²) in [6, 6.07) is 10.3. The van der Waals surface area contributed by atoms with Gasteiger partial charge in [-0.25, -0.2) is 0 Å². The van der Waals surface area contributed by atoms with Gasteiger partial charge in [0, 0.05) is 42.3 Å².